The molecule has 0 aromatic heterocycles. The van der Waals surface area contributed by atoms with Gasteiger partial charge < -0.3 is 20.2 Å². The average molecular weight is 882 g/mol. The first-order chi connectivity index (χ1) is 28.1. The van der Waals surface area contributed by atoms with E-state index in [0.717, 1.165) is 22.7 Å². The van der Waals surface area contributed by atoms with Crippen LogP contribution in [0.25, 0.3) is 0 Å². The molecular weight excluding hydrogens is 832 g/mol. The van der Waals surface area contributed by atoms with E-state index in [4.69, 9.17) is 31.2 Å². The molecule has 5 rings (SSSR count). The largest absolute Gasteiger partial charge is 0.464 e. The quantitative estimate of drug-likeness (QED) is 0.0373. The number of amidine groups is 1. The monoisotopic (exact) mass is 880 g/mol. The van der Waals surface area contributed by atoms with E-state index >= 15 is 0 Å². The number of β-lactam (4-membered cyclic amide) rings is 1. The van der Waals surface area contributed by atoms with Crippen LogP contribution in [-0.2, 0) is 54.6 Å². The lowest BCUT2D eigenvalue weighted by molar-refractivity contribution is -0.167. The number of hydrogen-bond acceptors (Lipinski definition) is 11. The van der Waals surface area contributed by atoms with Gasteiger partial charge in [-0.25, -0.2) is 24.4 Å². The Kier molecular flexibility index (Phi) is 15.8. The first-order valence-corrected chi connectivity index (χ1v) is 25.6. The summed E-state index contributed by atoms with van der Waals surface area (Å²) in [7, 11) is -2.64. The second-order valence-electron chi connectivity index (χ2n) is 15.4. The Morgan fingerprint density at radius 1 is 0.932 bits per heavy atom. The lowest BCUT2D eigenvalue weighted by Gasteiger charge is -2.36. The Morgan fingerprint density at radius 3 is 2.03 bits per heavy atom. The number of benzene rings is 3. The number of nitrogens with one attached hydrogen (secondary N) is 3. The number of amides is 3. The molecule has 1 unspecified atom stereocenters. The number of carbonyl (C=O) groups is 5. The smallest absolute Gasteiger partial charge is 0.340 e. The lowest BCUT2D eigenvalue weighted by atomic mass is 9.77. The van der Waals surface area contributed by atoms with E-state index in [-0.39, 0.29) is 42.7 Å². The van der Waals surface area contributed by atoms with Crippen LogP contribution in [0.15, 0.2) is 106 Å². The van der Waals surface area contributed by atoms with Crippen LogP contribution in [-0.4, -0.2) is 89.6 Å². The summed E-state index contributed by atoms with van der Waals surface area (Å²) < 4.78 is 10.2. The molecule has 2 heterocycles. The van der Waals surface area contributed by atoms with E-state index in [1.807, 2.05) is 96.5 Å². The van der Waals surface area contributed by atoms with Gasteiger partial charge in [0.2, 0.25) is 11.8 Å². The maximum Gasteiger partial charge on any atom is 0.340 e. The molecule has 3 atom stereocenters. The van der Waals surface area contributed by atoms with Gasteiger partial charge in [0.1, 0.15) is 22.8 Å². The third-order valence-electron chi connectivity index (χ3n) is 9.09. The highest BCUT2D eigenvalue weighted by Gasteiger charge is 2.42. The Hall–Kier alpha value is -4.68. The van der Waals surface area contributed by atoms with Crippen molar-refractivity contribution >= 4 is 82.7 Å². The van der Waals surface area contributed by atoms with Crippen molar-refractivity contribution in [2.75, 3.05) is 24.0 Å². The molecule has 0 bridgehead atoms. The fourth-order valence-electron chi connectivity index (χ4n) is 5.85. The number of hydroxylamine groups is 1. The van der Waals surface area contributed by atoms with Gasteiger partial charge in [0, 0.05) is 30.2 Å². The summed E-state index contributed by atoms with van der Waals surface area (Å²) in [5.74, 6) is -2.63. The van der Waals surface area contributed by atoms with Crippen LogP contribution in [0.1, 0.15) is 43.4 Å². The van der Waals surface area contributed by atoms with Crippen LogP contribution in [0, 0.1) is 0 Å². The predicted octanol–water partition coefficient (Wildman–Crippen LogP) is 5.45. The van der Waals surface area contributed by atoms with E-state index in [2.05, 4.69) is 39.6 Å². The molecular formula is C41H49ClN6O8S2Si. The number of ether oxygens (including phenoxy) is 1. The van der Waals surface area contributed by atoms with E-state index < -0.39 is 65.1 Å². The second kappa shape index (κ2) is 20.5. The van der Waals surface area contributed by atoms with Gasteiger partial charge in [-0.2, -0.15) is 5.48 Å². The second-order valence-corrected chi connectivity index (χ2v) is 24.1. The average Bonchev–Trinajstić information content (AvgIpc) is 3.60. The minimum atomic E-state index is -1.45. The zero-order chi connectivity index (χ0) is 42.6. The fourth-order valence-corrected chi connectivity index (χ4v) is 9.22. The third kappa shape index (κ3) is 12.4. The van der Waals surface area contributed by atoms with Gasteiger partial charge in [0.25, 0.3) is 5.91 Å². The number of alkyl halides is 1. The summed E-state index contributed by atoms with van der Waals surface area (Å²) in [5, 5.41) is 5.34. The SMILES string of the molecule is CC(C)(ON=S1CC(CC(=O)N[C@@H]2C(=O)N[C@@H]2SCCC(=O)ONC(=O)CCl)=NC1=NC(c1ccccc1)(c1ccccc1)c1ccccc1)C(=O)OCC[Si](C)(C)C. The van der Waals surface area contributed by atoms with Crippen molar-refractivity contribution in [3.05, 3.63) is 108 Å². The molecule has 3 N–H and O–H groups in total. The van der Waals surface area contributed by atoms with Gasteiger partial charge in [-0.3, -0.25) is 14.4 Å². The highest BCUT2D eigenvalue weighted by molar-refractivity contribution is 8.03. The van der Waals surface area contributed by atoms with Crippen molar-refractivity contribution in [3.8, 4) is 0 Å². The van der Waals surface area contributed by atoms with E-state index in [9.17, 15) is 24.0 Å². The molecule has 18 heteroatoms. The number of nitrogens with zero attached hydrogens (tertiary/aromatic N) is 3. The number of esters is 1. The van der Waals surface area contributed by atoms with Crippen molar-refractivity contribution < 1.29 is 38.4 Å². The van der Waals surface area contributed by atoms with E-state index in [0.29, 0.717) is 10.9 Å². The van der Waals surface area contributed by atoms with Crippen LogP contribution >= 0.6 is 23.4 Å². The molecule has 0 radical (unpaired) electrons. The minimum absolute atomic E-state index is 0.0590. The Morgan fingerprint density at radius 2 is 1.51 bits per heavy atom. The molecule has 3 aromatic carbocycles. The first kappa shape index (κ1) is 45.4. The number of carbonyl (C=O) groups excluding carboxylic acids is 5. The molecule has 3 aromatic rings. The maximum absolute atomic E-state index is 13.5. The molecule has 3 amide bonds. The zero-order valence-electron chi connectivity index (χ0n) is 33.6. The summed E-state index contributed by atoms with van der Waals surface area (Å²) >= 11 is 6.63. The van der Waals surface area contributed by atoms with Gasteiger partial charge in [0.05, 0.1) is 25.2 Å². The third-order valence-corrected chi connectivity index (χ3v) is 13.7. The zero-order valence-corrected chi connectivity index (χ0v) is 37.0. The molecule has 0 aliphatic carbocycles. The van der Waals surface area contributed by atoms with E-state index in [1.165, 1.54) is 11.8 Å². The Labute approximate surface area is 356 Å². The topological polar surface area (TPSA) is 186 Å². The first-order valence-electron chi connectivity index (χ1n) is 19.0. The van der Waals surface area contributed by atoms with Crippen LogP contribution in [0.2, 0.25) is 25.7 Å². The molecule has 2 aliphatic rings. The van der Waals surface area contributed by atoms with Gasteiger partial charge in [0.15, 0.2) is 10.8 Å². The number of hydrogen-bond donors (Lipinski definition) is 3. The Bertz CT molecular complexity index is 1990. The maximum atomic E-state index is 13.5. The van der Waals surface area contributed by atoms with Crippen molar-refractivity contribution in [3.63, 3.8) is 0 Å². The molecule has 0 spiro atoms. The van der Waals surface area contributed by atoms with E-state index in [1.54, 1.807) is 13.8 Å². The van der Waals surface area contributed by atoms with Crippen LogP contribution in [0.5, 0.6) is 0 Å². The molecule has 1 fully saturated rings. The fraction of sp³-hybridized carbons (Fsp3) is 0.390. The molecule has 1 saturated heterocycles. The molecule has 314 valence electrons. The highest BCUT2D eigenvalue weighted by Crippen LogP contribution is 2.41. The standard InChI is InChI=1S/C41H49ClN6O8S2Si/c1-40(2,38(53)54-22-24-59(3,4)5)56-48-58-27-31(25-32(49)44-35-36(52)45-37(35)57-23-21-34(51)55-47-33(50)26-42)43-39(58)46-41(28-15-9-6-10-16-28,29-17-11-7-12-18-29)30-19-13-8-14-20-30/h6-20,35,37H,21-27H2,1-5H3,(H,44,49)(H,45,52)(H,47,50)/t35-,37-,58?/m1/s1. The highest BCUT2D eigenvalue weighted by atomic mass is 35.5. The number of rotatable bonds is 18. The summed E-state index contributed by atoms with van der Waals surface area (Å²) in [4.78, 5) is 83.5. The minimum Gasteiger partial charge on any atom is -0.464 e. The molecule has 2 aliphatic heterocycles. The van der Waals surface area contributed by atoms with Gasteiger partial charge in [-0.15, -0.1) is 27.9 Å². The molecule has 59 heavy (non-hydrogen) atoms. The van der Waals surface area contributed by atoms with Gasteiger partial charge >= 0.3 is 11.9 Å². The normalized spacial score (nSPS) is 18.7. The van der Waals surface area contributed by atoms with Crippen molar-refractivity contribution in [1.82, 2.24) is 16.1 Å². The van der Waals surface area contributed by atoms with Crippen molar-refractivity contribution in [2.45, 2.75) is 74.9 Å². The summed E-state index contributed by atoms with van der Waals surface area (Å²) in [6.45, 7) is 10.1. The molecule has 0 saturated carbocycles. The lowest BCUT2D eigenvalue weighted by Crippen LogP contribution is -2.67. The van der Waals surface area contributed by atoms with Gasteiger partial charge in [-0.05, 0) is 36.6 Å². The summed E-state index contributed by atoms with van der Waals surface area (Å²) in [6.07, 6.45) is -0.223. The summed E-state index contributed by atoms with van der Waals surface area (Å²) in [5.41, 5.74) is 2.49. The predicted molar refractivity (Wildman–Crippen MR) is 234 cm³/mol. The van der Waals surface area contributed by atoms with Crippen LogP contribution in [0.4, 0.5) is 0 Å². The van der Waals surface area contributed by atoms with Crippen LogP contribution < -0.4 is 16.1 Å². The number of halogens is 1. The van der Waals surface area contributed by atoms with Crippen molar-refractivity contribution in [2.24, 2.45) is 14.5 Å². The van der Waals surface area contributed by atoms with Gasteiger partial charge in [-0.1, -0.05) is 111 Å². The summed E-state index contributed by atoms with van der Waals surface area (Å²) in [6, 6.07) is 29.5. The number of aliphatic imine (C=N–C) groups is 2. The Balaban J connectivity index is 1.43. The van der Waals surface area contributed by atoms with Crippen molar-refractivity contribution in [1.29, 1.82) is 0 Å². The number of thioether (sulfide) groups is 1. The van der Waals surface area contributed by atoms with Crippen LogP contribution in [0.3, 0.4) is 0 Å². The molecule has 14 nitrogen and oxygen atoms in total.